The van der Waals surface area contributed by atoms with Gasteiger partial charge in [0.05, 0.1) is 11.1 Å². The molecule has 24 heavy (non-hydrogen) atoms. The lowest BCUT2D eigenvalue weighted by Gasteiger charge is -2.10. The lowest BCUT2D eigenvalue weighted by Crippen LogP contribution is -2.44. The van der Waals surface area contributed by atoms with E-state index in [0.29, 0.717) is 5.75 Å². The first kappa shape index (κ1) is 17.0. The van der Waals surface area contributed by atoms with Crippen molar-refractivity contribution in [1.29, 1.82) is 0 Å². The lowest BCUT2D eigenvalue weighted by atomic mass is 10.1. The molecule has 7 heteroatoms. The molecule has 124 valence electrons. The number of hydrazine groups is 1. The molecule has 0 radical (unpaired) electrons. The van der Waals surface area contributed by atoms with E-state index in [1.807, 2.05) is 13.0 Å². The second-order valence-corrected chi connectivity index (χ2v) is 4.96. The molecule has 7 nitrogen and oxygen atoms in total. The van der Waals surface area contributed by atoms with Gasteiger partial charge >= 0.3 is 5.97 Å². The fourth-order valence-electron chi connectivity index (χ4n) is 1.95. The lowest BCUT2D eigenvalue weighted by molar-refractivity contribution is -0.123. The van der Waals surface area contributed by atoms with Crippen molar-refractivity contribution in [1.82, 2.24) is 10.9 Å². The first-order chi connectivity index (χ1) is 11.5. The van der Waals surface area contributed by atoms with Gasteiger partial charge in [-0.05, 0) is 36.8 Å². The summed E-state index contributed by atoms with van der Waals surface area (Å²) in [5, 5.41) is 9.04. The van der Waals surface area contributed by atoms with Gasteiger partial charge in [0.1, 0.15) is 5.75 Å². The molecular weight excluding hydrogens is 312 g/mol. The summed E-state index contributed by atoms with van der Waals surface area (Å²) >= 11 is 0. The molecule has 2 rings (SSSR count). The molecule has 3 N–H and O–H groups in total. The Balaban J connectivity index is 1.88. The highest BCUT2D eigenvalue weighted by atomic mass is 16.5. The first-order valence-corrected chi connectivity index (χ1v) is 7.08. The van der Waals surface area contributed by atoms with Crippen LogP contribution in [0.25, 0.3) is 0 Å². The van der Waals surface area contributed by atoms with Crippen LogP contribution in [-0.2, 0) is 4.79 Å². The first-order valence-electron chi connectivity index (χ1n) is 7.08. The number of carboxylic acids is 1. The zero-order valence-corrected chi connectivity index (χ0v) is 12.9. The van der Waals surface area contributed by atoms with Gasteiger partial charge in [-0.2, -0.15) is 0 Å². The Morgan fingerprint density at radius 3 is 2.38 bits per heavy atom. The fraction of sp³-hybridized carbons (Fsp3) is 0.118. The molecule has 0 aliphatic carbocycles. The van der Waals surface area contributed by atoms with Crippen LogP contribution >= 0.6 is 0 Å². The third-order valence-corrected chi connectivity index (χ3v) is 3.08. The van der Waals surface area contributed by atoms with Gasteiger partial charge in [-0.15, -0.1) is 0 Å². The topological polar surface area (TPSA) is 105 Å². The van der Waals surface area contributed by atoms with Gasteiger partial charge in [0, 0.05) is 0 Å². The van der Waals surface area contributed by atoms with E-state index in [2.05, 4.69) is 10.9 Å². The van der Waals surface area contributed by atoms with E-state index >= 15 is 0 Å². The summed E-state index contributed by atoms with van der Waals surface area (Å²) in [6.07, 6.45) is 0. The van der Waals surface area contributed by atoms with E-state index in [9.17, 15) is 14.4 Å². The number of amides is 2. The summed E-state index contributed by atoms with van der Waals surface area (Å²) in [6.45, 7) is 1.61. The Bertz CT molecular complexity index is 773. The molecule has 2 aromatic carbocycles. The van der Waals surface area contributed by atoms with Gasteiger partial charge in [-0.1, -0.05) is 24.3 Å². The molecule has 2 aromatic rings. The maximum atomic E-state index is 12.0. The predicted octanol–water partition coefficient (Wildman–Crippen LogP) is 1.53. The largest absolute Gasteiger partial charge is 0.484 e. The fourth-order valence-corrected chi connectivity index (χ4v) is 1.95. The van der Waals surface area contributed by atoms with E-state index in [1.165, 1.54) is 24.3 Å². The monoisotopic (exact) mass is 328 g/mol. The number of aromatic carboxylic acids is 1. The van der Waals surface area contributed by atoms with Crippen LogP contribution in [0.15, 0.2) is 48.5 Å². The number of ether oxygens (including phenoxy) is 1. The van der Waals surface area contributed by atoms with E-state index in [1.54, 1.807) is 18.2 Å². The van der Waals surface area contributed by atoms with Gasteiger partial charge in [-0.3, -0.25) is 20.4 Å². The number of benzene rings is 2. The van der Waals surface area contributed by atoms with Crippen LogP contribution < -0.4 is 15.6 Å². The number of carboxylic acid groups (broad SMARTS) is 1. The van der Waals surface area contributed by atoms with E-state index in [0.717, 1.165) is 5.56 Å². The van der Waals surface area contributed by atoms with Crippen LogP contribution in [0.1, 0.15) is 26.3 Å². The number of carbonyl (C=O) groups excluding carboxylic acids is 2. The molecule has 2 amide bonds. The van der Waals surface area contributed by atoms with Gasteiger partial charge in [0.15, 0.2) is 6.61 Å². The van der Waals surface area contributed by atoms with Gasteiger partial charge in [-0.25, -0.2) is 4.79 Å². The van der Waals surface area contributed by atoms with Crippen molar-refractivity contribution >= 4 is 17.8 Å². The smallest absolute Gasteiger partial charge is 0.336 e. The molecule has 0 aliphatic rings. The molecule has 0 aliphatic heterocycles. The second kappa shape index (κ2) is 7.77. The zero-order chi connectivity index (χ0) is 17.5. The predicted molar refractivity (Wildman–Crippen MR) is 85.7 cm³/mol. The maximum absolute atomic E-state index is 12.0. The van der Waals surface area contributed by atoms with Crippen LogP contribution in [0.2, 0.25) is 0 Å². The Morgan fingerprint density at radius 1 is 1.00 bits per heavy atom. The molecule has 0 unspecified atom stereocenters. The molecule has 0 fully saturated rings. The molecule has 0 saturated heterocycles. The van der Waals surface area contributed by atoms with Gasteiger partial charge < -0.3 is 9.84 Å². The van der Waals surface area contributed by atoms with Gasteiger partial charge in [0.25, 0.3) is 11.8 Å². The normalized spacial score (nSPS) is 9.88. The molecule has 0 heterocycles. The quantitative estimate of drug-likeness (QED) is 0.722. The standard InChI is InChI=1S/C17H16N2O5/c1-11-5-4-6-12(9-11)24-10-15(20)18-19-16(21)13-7-2-3-8-14(13)17(22)23/h2-9H,10H2,1H3,(H,18,20)(H,19,21)(H,22,23). The minimum atomic E-state index is -1.23. The van der Waals surface area contributed by atoms with Crippen molar-refractivity contribution in [2.45, 2.75) is 6.92 Å². The number of nitrogens with one attached hydrogen (secondary N) is 2. The number of rotatable bonds is 5. The van der Waals surface area contributed by atoms with Crippen molar-refractivity contribution in [2.75, 3.05) is 6.61 Å². The maximum Gasteiger partial charge on any atom is 0.336 e. The Labute approximate surface area is 138 Å². The summed E-state index contributed by atoms with van der Waals surface area (Å²) in [5.41, 5.74) is 5.12. The third kappa shape index (κ3) is 4.57. The summed E-state index contributed by atoms with van der Waals surface area (Å²) < 4.78 is 5.29. The zero-order valence-electron chi connectivity index (χ0n) is 12.9. The molecule has 0 aromatic heterocycles. The minimum Gasteiger partial charge on any atom is -0.484 e. The van der Waals surface area contributed by atoms with Crippen LogP contribution in [0.3, 0.4) is 0 Å². The molecule has 0 bridgehead atoms. The highest BCUT2D eigenvalue weighted by molar-refractivity contribution is 6.05. The van der Waals surface area contributed by atoms with Crippen LogP contribution in [0.5, 0.6) is 5.75 Å². The Morgan fingerprint density at radius 2 is 1.71 bits per heavy atom. The highest BCUT2D eigenvalue weighted by Crippen LogP contribution is 2.12. The molecule has 0 spiro atoms. The van der Waals surface area contributed by atoms with Crippen molar-refractivity contribution < 1.29 is 24.2 Å². The summed E-state index contributed by atoms with van der Waals surface area (Å²) in [6, 6.07) is 12.9. The number of hydrogen-bond donors (Lipinski definition) is 3. The Hall–Kier alpha value is -3.35. The second-order valence-electron chi connectivity index (χ2n) is 4.96. The van der Waals surface area contributed by atoms with Crippen molar-refractivity contribution in [3.05, 3.63) is 65.2 Å². The van der Waals surface area contributed by atoms with Crippen LogP contribution in [-0.4, -0.2) is 29.5 Å². The summed E-state index contributed by atoms with van der Waals surface area (Å²) in [4.78, 5) is 34.7. The molecule has 0 saturated carbocycles. The number of aryl methyl sites for hydroxylation is 1. The SMILES string of the molecule is Cc1cccc(OCC(=O)NNC(=O)c2ccccc2C(=O)O)c1. The van der Waals surface area contributed by atoms with Crippen molar-refractivity contribution in [3.8, 4) is 5.75 Å². The highest BCUT2D eigenvalue weighted by Gasteiger charge is 2.16. The van der Waals surface area contributed by atoms with Crippen LogP contribution in [0, 0.1) is 6.92 Å². The van der Waals surface area contributed by atoms with E-state index in [4.69, 9.17) is 9.84 Å². The van der Waals surface area contributed by atoms with E-state index in [-0.39, 0.29) is 17.7 Å². The number of hydrogen-bond acceptors (Lipinski definition) is 4. The average molecular weight is 328 g/mol. The third-order valence-electron chi connectivity index (χ3n) is 3.08. The molecular formula is C17H16N2O5. The van der Waals surface area contributed by atoms with Crippen molar-refractivity contribution in [3.63, 3.8) is 0 Å². The summed E-state index contributed by atoms with van der Waals surface area (Å²) in [5.74, 6) is -1.99. The van der Waals surface area contributed by atoms with Crippen molar-refractivity contribution in [2.24, 2.45) is 0 Å². The number of carbonyl (C=O) groups is 3. The van der Waals surface area contributed by atoms with E-state index < -0.39 is 17.8 Å². The minimum absolute atomic E-state index is 0.0510. The molecule has 0 atom stereocenters. The Kier molecular flexibility index (Phi) is 5.51. The average Bonchev–Trinajstić information content (AvgIpc) is 2.58. The summed E-state index contributed by atoms with van der Waals surface area (Å²) in [7, 11) is 0. The van der Waals surface area contributed by atoms with Gasteiger partial charge in [0.2, 0.25) is 0 Å². The van der Waals surface area contributed by atoms with Crippen LogP contribution in [0.4, 0.5) is 0 Å².